The number of methoxy groups -OCH3 is 1. The third-order valence-electron chi connectivity index (χ3n) is 6.82. The summed E-state index contributed by atoms with van der Waals surface area (Å²) in [7, 11) is 1.60. The molecular weight excluding hydrogens is 436 g/mol. The van der Waals surface area contributed by atoms with Gasteiger partial charge in [-0.05, 0) is 42.0 Å². The largest absolute Gasteiger partial charge is 0.481 e. The Bertz CT molecular complexity index is 1040. The molecule has 2 amide bonds. The Balaban J connectivity index is 1.42. The maximum absolute atomic E-state index is 13.1. The molecule has 2 unspecified atom stereocenters. The summed E-state index contributed by atoms with van der Waals surface area (Å²) in [4.78, 5) is 38.5. The number of hydrogen-bond acceptors (Lipinski definition) is 5. The van der Waals surface area contributed by atoms with E-state index in [9.17, 15) is 14.4 Å². The molecule has 0 saturated carbocycles. The topological polar surface area (TPSA) is 105 Å². The Hall–Kier alpha value is -3.39. The summed E-state index contributed by atoms with van der Waals surface area (Å²) in [5.74, 6) is -1.46. The number of nitrogens with zero attached hydrogens (tertiary/aromatic N) is 1. The van der Waals surface area contributed by atoms with Crippen LogP contribution >= 0.6 is 0 Å². The summed E-state index contributed by atoms with van der Waals surface area (Å²) in [5, 5.41) is 11.7. The zero-order valence-electron chi connectivity index (χ0n) is 19.5. The number of fused-ring (bicyclic) bond motifs is 3. The molecule has 0 spiro atoms. The van der Waals surface area contributed by atoms with Crippen molar-refractivity contribution in [3.8, 4) is 11.1 Å². The number of carbonyl (C=O) groups is 3. The van der Waals surface area contributed by atoms with Crippen LogP contribution in [0.25, 0.3) is 11.1 Å². The first-order chi connectivity index (χ1) is 16.3. The maximum Gasteiger partial charge on any atom is 0.407 e. The van der Waals surface area contributed by atoms with Crippen molar-refractivity contribution in [2.75, 3.05) is 26.8 Å². The van der Waals surface area contributed by atoms with E-state index in [1.165, 1.54) is 0 Å². The van der Waals surface area contributed by atoms with Crippen LogP contribution in [0.5, 0.6) is 0 Å². The van der Waals surface area contributed by atoms with Crippen LogP contribution in [-0.4, -0.2) is 66.4 Å². The van der Waals surface area contributed by atoms with Crippen molar-refractivity contribution in [2.45, 2.75) is 43.7 Å². The summed E-state index contributed by atoms with van der Waals surface area (Å²) in [6.07, 6.45) is -0.320. The number of benzene rings is 2. The van der Waals surface area contributed by atoms with Crippen molar-refractivity contribution in [1.29, 1.82) is 0 Å². The fourth-order valence-electron chi connectivity index (χ4n) is 4.82. The van der Waals surface area contributed by atoms with Crippen LogP contribution in [0, 0.1) is 0 Å². The molecule has 180 valence electrons. The molecule has 4 rings (SSSR count). The quantitative estimate of drug-likeness (QED) is 0.618. The number of rotatable bonds is 8. The summed E-state index contributed by atoms with van der Waals surface area (Å²) >= 11 is 0. The normalized spacial score (nSPS) is 19.9. The van der Waals surface area contributed by atoms with Crippen LogP contribution in [0.3, 0.4) is 0 Å². The number of ether oxygens (including phenoxy) is 2. The molecule has 2 aliphatic rings. The van der Waals surface area contributed by atoms with Gasteiger partial charge in [-0.15, -0.1) is 0 Å². The fourth-order valence-corrected chi connectivity index (χ4v) is 4.82. The summed E-state index contributed by atoms with van der Waals surface area (Å²) in [6.45, 7) is 2.91. The average Bonchev–Trinajstić information content (AvgIpc) is 3.39. The number of likely N-dealkylation sites (tertiary alicyclic amines) is 1. The molecule has 1 fully saturated rings. The zero-order chi connectivity index (χ0) is 24.3. The second-order valence-electron chi connectivity index (χ2n) is 9.12. The molecule has 0 aromatic heterocycles. The van der Waals surface area contributed by atoms with Gasteiger partial charge in [0.1, 0.15) is 12.6 Å². The molecule has 2 aromatic rings. The highest BCUT2D eigenvalue weighted by atomic mass is 16.5. The second kappa shape index (κ2) is 9.85. The van der Waals surface area contributed by atoms with E-state index in [2.05, 4.69) is 17.4 Å². The Morgan fingerprint density at radius 1 is 1.12 bits per heavy atom. The molecule has 8 nitrogen and oxygen atoms in total. The van der Waals surface area contributed by atoms with E-state index in [1.807, 2.05) is 43.3 Å². The number of carboxylic acid groups (broad SMARTS) is 1. The monoisotopic (exact) mass is 466 g/mol. The van der Waals surface area contributed by atoms with Gasteiger partial charge in [0.2, 0.25) is 5.91 Å². The van der Waals surface area contributed by atoms with E-state index in [1.54, 1.807) is 12.0 Å². The predicted octanol–water partition coefficient (Wildman–Crippen LogP) is 3.40. The predicted molar refractivity (Wildman–Crippen MR) is 125 cm³/mol. The smallest absolute Gasteiger partial charge is 0.407 e. The third kappa shape index (κ3) is 4.92. The van der Waals surface area contributed by atoms with E-state index in [0.29, 0.717) is 19.5 Å². The van der Waals surface area contributed by atoms with Crippen LogP contribution in [0.4, 0.5) is 4.79 Å². The van der Waals surface area contributed by atoms with Crippen molar-refractivity contribution in [2.24, 2.45) is 0 Å². The van der Waals surface area contributed by atoms with Gasteiger partial charge in [-0.3, -0.25) is 9.59 Å². The van der Waals surface area contributed by atoms with Crippen molar-refractivity contribution < 1.29 is 29.0 Å². The first-order valence-corrected chi connectivity index (χ1v) is 11.5. The van der Waals surface area contributed by atoms with Gasteiger partial charge in [-0.2, -0.15) is 0 Å². The standard InChI is InChI=1S/C26H30N2O6/c1-26(33-2)13-14-28(16-26)24(31)22(11-12-23(29)30)27-25(32)34-15-21-19-9-5-3-7-17(19)18-8-4-6-10-20(18)21/h3-10,21-22H,11-16H2,1-2H3,(H,27,32)(H,29,30). The van der Waals surface area contributed by atoms with Gasteiger partial charge >= 0.3 is 12.1 Å². The second-order valence-corrected chi connectivity index (χ2v) is 9.12. The number of alkyl carbamates (subject to hydrolysis) is 1. The molecule has 2 aromatic carbocycles. The molecule has 0 radical (unpaired) electrons. The summed E-state index contributed by atoms with van der Waals surface area (Å²) in [5.41, 5.74) is 3.97. The molecular formula is C26H30N2O6. The number of carboxylic acids is 1. The Labute approximate surface area is 198 Å². The third-order valence-corrected chi connectivity index (χ3v) is 6.82. The molecule has 2 atom stereocenters. The van der Waals surface area contributed by atoms with Crippen LogP contribution in [0.15, 0.2) is 48.5 Å². The van der Waals surface area contributed by atoms with Crippen molar-refractivity contribution in [3.05, 3.63) is 59.7 Å². The molecule has 1 aliphatic heterocycles. The van der Waals surface area contributed by atoms with Crippen molar-refractivity contribution in [3.63, 3.8) is 0 Å². The van der Waals surface area contributed by atoms with E-state index in [-0.39, 0.29) is 31.3 Å². The minimum absolute atomic E-state index is 0.0153. The van der Waals surface area contributed by atoms with E-state index in [4.69, 9.17) is 14.6 Å². The highest BCUT2D eigenvalue weighted by Crippen LogP contribution is 2.44. The Morgan fingerprint density at radius 3 is 2.29 bits per heavy atom. The zero-order valence-corrected chi connectivity index (χ0v) is 19.5. The number of hydrogen-bond donors (Lipinski definition) is 2. The molecule has 1 saturated heterocycles. The number of amides is 2. The van der Waals surface area contributed by atoms with Gasteiger partial charge in [-0.25, -0.2) is 4.79 Å². The molecule has 1 aliphatic carbocycles. The molecule has 2 N–H and O–H groups in total. The fraction of sp³-hybridized carbons (Fsp3) is 0.423. The highest BCUT2D eigenvalue weighted by molar-refractivity contribution is 5.86. The lowest BCUT2D eigenvalue weighted by Crippen LogP contribution is -2.49. The van der Waals surface area contributed by atoms with Gasteiger partial charge in [0.15, 0.2) is 0 Å². The Kier molecular flexibility index (Phi) is 6.88. The lowest BCUT2D eigenvalue weighted by atomic mass is 9.98. The lowest BCUT2D eigenvalue weighted by molar-refractivity contribution is -0.138. The van der Waals surface area contributed by atoms with E-state index >= 15 is 0 Å². The van der Waals surface area contributed by atoms with Gasteiger partial charge in [-0.1, -0.05) is 48.5 Å². The highest BCUT2D eigenvalue weighted by Gasteiger charge is 2.39. The first-order valence-electron chi connectivity index (χ1n) is 11.5. The minimum Gasteiger partial charge on any atom is -0.481 e. The average molecular weight is 467 g/mol. The molecule has 1 heterocycles. The number of nitrogens with one attached hydrogen (secondary N) is 1. The van der Waals surface area contributed by atoms with Gasteiger partial charge in [0.05, 0.1) is 5.60 Å². The molecule has 8 heteroatoms. The summed E-state index contributed by atoms with van der Waals surface area (Å²) < 4.78 is 11.0. The van der Waals surface area contributed by atoms with E-state index in [0.717, 1.165) is 22.3 Å². The molecule has 34 heavy (non-hydrogen) atoms. The van der Waals surface area contributed by atoms with Gasteiger partial charge in [0.25, 0.3) is 0 Å². The minimum atomic E-state index is -1.03. The summed E-state index contributed by atoms with van der Waals surface area (Å²) in [6, 6.07) is 15.1. The number of carbonyl (C=O) groups excluding carboxylic acids is 2. The lowest BCUT2D eigenvalue weighted by Gasteiger charge is -2.26. The van der Waals surface area contributed by atoms with Crippen LogP contribution in [-0.2, 0) is 19.1 Å². The van der Waals surface area contributed by atoms with Gasteiger partial charge in [0, 0.05) is 32.5 Å². The number of aliphatic carboxylic acids is 1. The van der Waals surface area contributed by atoms with Gasteiger partial charge < -0.3 is 24.8 Å². The first kappa shape index (κ1) is 23.8. The van der Waals surface area contributed by atoms with Crippen molar-refractivity contribution in [1.82, 2.24) is 10.2 Å². The molecule has 0 bridgehead atoms. The van der Waals surface area contributed by atoms with Crippen molar-refractivity contribution >= 4 is 18.0 Å². The van der Waals surface area contributed by atoms with Crippen LogP contribution < -0.4 is 5.32 Å². The maximum atomic E-state index is 13.1. The van der Waals surface area contributed by atoms with E-state index < -0.39 is 23.7 Å². The Morgan fingerprint density at radius 2 is 1.74 bits per heavy atom. The SMILES string of the molecule is COC1(C)CCN(C(=O)C(CCC(=O)O)NC(=O)OCC2c3ccccc3-c3ccccc32)C1. The van der Waals surface area contributed by atoms with Crippen LogP contribution in [0.2, 0.25) is 0 Å². The van der Waals surface area contributed by atoms with Crippen LogP contribution in [0.1, 0.15) is 43.2 Å².